The Kier molecular flexibility index (Phi) is 5.41. The Morgan fingerprint density at radius 3 is 2.36 bits per heavy atom. The summed E-state index contributed by atoms with van der Waals surface area (Å²) >= 11 is 4.69. The first-order valence-electron chi connectivity index (χ1n) is 8.62. The van der Waals surface area contributed by atoms with E-state index in [0.29, 0.717) is 27.3 Å². The van der Waals surface area contributed by atoms with Gasteiger partial charge in [0, 0.05) is 10.0 Å². The van der Waals surface area contributed by atoms with Gasteiger partial charge < -0.3 is 0 Å². The van der Waals surface area contributed by atoms with Crippen LogP contribution in [0.5, 0.6) is 0 Å². The standard InChI is InChI=1S/C22H15BrN2O2S/c23-16-10-12-17(13-11-16)25-21(27)18-8-4-5-9-19(18)24-22(25)28-14-20(26)15-6-2-1-3-7-15/h1-13H,14H2. The number of carbonyl (C=O) groups excluding carboxylic acids is 1. The number of rotatable bonds is 5. The van der Waals surface area contributed by atoms with Crippen molar-refractivity contribution in [3.63, 3.8) is 0 Å². The Bertz CT molecular complexity index is 1200. The lowest BCUT2D eigenvalue weighted by atomic mass is 10.2. The maximum absolute atomic E-state index is 13.2. The van der Waals surface area contributed by atoms with Gasteiger partial charge in [-0.05, 0) is 36.4 Å². The van der Waals surface area contributed by atoms with Crippen LogP contribution in [0.1, 0.15) is 10.4 Å². The van der Waals surface area contributed by atoms with Gasteiger partial charge in [-0.2, -0.15) is 0 Å². The third-order valence-corrected chi connectivity index (χ3v) is 5.73. The summed E-state index contributed by atoms with van der Waals surface area (Å²) in [5.41, 5.74) is 1.83. The van der Waals surface area contributed by atoms with E-state index in [0.717, 1.165) is 4.47 Å². The number of ketones is 1. The molecule has 0 aliphatic rings. The van der Waals surface area contributed by atoms with Crippen molar-refractivity contribution >= 4 is 44.4 Å². The molecule has 0 aliphatic carbocycles. The van der Waals surface area contributed by atoms with Crippen molar-refractivity contribution in [2.24, 2.45) is 0 Å². The number of benzene rings is 3. The fraction of sp³-hybridized carbons (Fsp3) is 0.0455. The molecule has 0 spiro atoms. The number of fused-ring (bicyclic) bond motifs is 1. The van der Waals surface area contributed by atoms with Crippen LogP contribution in [0.15, 0.2) is 93.3 Å². The number of para-hydroxylation sites is 1. The third-order valence-electron chi connectivity index (χ3n) is 4.26. The van der Waals surface area contributed by atoms with E-state index < -0.39 is 0 Å². The highest BCUT2D eigenvalue weighted by Gasteiger charge is 2.15. The summed E-state index contributed by atoms with van der Waals surface area (Å²) < 4.78 is 2.49. The largest absolute Gasteiger partial charge is 0.293 e. The van der Waals surface area contributed by atoms with E-state index >= 15 is 0 Å². The molecule has 4 rings (SSSR count). The summed E-state index contributed by atoms with van der Waals surface area (Å²) in [5.74, 6) is 0.195. The Morgan fingerprint density at radius 2 is 1.61 bits per heavy atom. The van der Waals surface area contributed by atoms with Crippen molar-refractivity contribution in [3.8, 4) is 5.69 Å². The van der Waals surface area contributed by atoms with Crippen LogP contribution < -0.4 is 5.56 Å². The van der Waals surface area contributed by atoms with Crippen molar-refractivity contribution in [1.29, 1.82) is 0 Å². The Morgan fingerprint density at radius 1 is 0.929 bits per heavy atom. The smallest absolute Gasteiger partial charge is 0.266 e. The molecule has 4 aromatic rings. The number of Topliss-reactive ketones (excluding diaryl/α,β-unsaturated/α-hetero) is 1. The highest BCUT2D eigenvalue weighted by atomic mass is 79.9. The van der Waals surface area contributed by atoms with E-state index in [2.05, 4.69) is 20.9 Å². The molecule has 138 valence electrons. The van der Waals surface area contributed by atoms with Crippen molar-refractivity contribution < 1.29 is 4.79 Å². The molecule has 0 amide bonds. The van der Waals surface area contributed by atoms with E-state index in [1.807, 2.05) is 60.7 Å². The Balaban J connectivity index is 1.77. The highest BCUT2D eigenvalue weighted by molar-refractivity contribution is 9.10. The fourth-order valence-corrected chi connectivity index (χ4v) is 4.04. The van der Waals surface area contributed by atoms with Gasteiger partial charge in [-0.3, -0.25) is 14.2 Å². The predicted molar refractivity (Wildman–Crippen MR) is 117 cm³/mol. The number of aromatic nitrogens is 2. The van der Waals surface area contributed by atoms with Crippen LogP contribution in [0.2, 0.25) is 0 Å². The SMILES string of the molecule is O=C(CSc1nc2ccccc2c(=O)n1-c1ccc(Br)cc1)c1ccccc1. The summed E-state index contributed by atoms with van der Waals surface area (Å²) in [5, 5.41) is 1.04. The minimum absolute atomic E-state index is 0.00429. The molecule has 28 heavy (non-hydrogen) atoms. The van der Waals surface area contributed by atoms with Crippen LogP contribution in [0.3, 0.4) is 0 Å². The minimum atomic E-state index is -0.150. The molecule has 0 aliphatic heterocycles. The fourth-order valence-electron chi connectivity index (χ4n) is 2.86. The number of hydrogen-bond acceptors (Lipinski definition) is 4. The molecule has 0 N–H and O–H groups in total. The van der Waals surface area contributed by atoms with Crippen LogP contribution in [-0.2, 0) is 0 Å². The maximum Gasteiger partial charge on any atom is 0.266 e. The van der Waals surface area contributed by atoms with Crippen molar-refractivity contribution in [3.05, 3.63) is 99.3 Å². The van der Waals surface area contributed by atoms with Gasteiger partial charge >= 0.3 is 0 Å². The number of carbonyl (C=O) groups is 1. The summed E-state index contributed by atoms with van der Waals surface area (Å²) in [6.45, 7) is 0. The number of thioether (sulfide) groups is 1. The van der Waals surface area contributed by atoms with Gasteiger partial charge in [0.25, 0.3) is 5.56 Å². The lowest BCUT2D eigenvalue weighted by Crippen LogP contribution is -2.22. The topological polar surface area (TPSA) is 52.0 Å². The molecule has 4 nitrogen and oxygen atoms in total. The third kappa shape index (κ3) is 3.79. The first kappa shape index (κ1) is 18.7. The lowest BCUT2D eigenvalue weighted by molar-refractivity contribution is 0.102. The molecule has 0 fully saturated rings. The van der Waals surface area contributed by atoms with E-state index in [1.54, 1.807) is 22.8 Å². The molecule has 1 heterocycles. The van der Waals surface area contributed by atoms with E-state index in [1.165, 1.54) is 11.8 Å². The van der Waals surface area contributed by atoms with Crippen LogP contribution in [0.25, 0.3) is 16.6 Å². The number of halogens is 1. The van der Waals surface area contributed by atoms with Crippen LogP contribution in [0.4, 0.5) is 0 Å². The highest BCUT2D eigenvalue weighted by Crippen LogP contribution is 2.23. The minimum Gasteiger partial charge on any atom is -0.293 e. The molecule has 0 saturated heterocycles. The first-order chi connectivity index (χ1) is 13.6. The first-order valence-corrected chi connectivity index (χ1v) is 10.4. The van der Waals surface area contributed by atoms with Gasteiger partial charge in [0.15, 0.2) is 10.9 Å². The molecule has 6 heteroatoms. The molecule has 0 saturated carbocycles. The van der Waals surface area contributed by atoms with E-state index in [-0.39, 0.29) is 17.1 Å². The van der Waals surface area contributed by atoms with Crippen LogP contribution in [0, 0.1) is 0 Å². The predicted octanol–water partition coefficient (Wildman–Crippen LogP) is 5.12. The summed E-state index contributed by atoms with van der Waals surface area (Å²) in [7, 11) is 0. The second kappa shape index (κ2) is 8.12. The maximum atomic E-state index is 13.2. The second-order valence-electron chi connectivity index (χ2n) is 6.11. The zero-order valence-electron chi connectivity index (χ0n) is 14.7. The summed E-state index contributed by atoms with van der Waals surface area (Å²) in [6.07, 6.45) is 0. The van der Waals surface area contributed by atoms with E-state index in [9.17, 15) is 9.59 Å². The lowest BCUT2D eigenvalue weighted by Gasteiger charge is -2.13. The second-order valence-corrected chi connectivity index (χ2v) is 7.96. The average Bonchev–Trinajstić information content (AvgIpc) is 2.74. The zero-order chi connectivity index (χ0) is 19.5. The number of hydrogen-bond donors (Lipinski definition) is 0. The van der Waals surface area contributed by atoms with Crippen LogP contribution in [-0.4, -0.2) is 21.1 Å². The molecule has 0 bridgehead atoms. The molecular weight excluding hydrogens is 436 g/mol. The molecule has 0 radical (unpaired) electrons. The molecule has 0 unspecified atom stereocenters. The van der Waals surface area contributed by atoms with Crippen molar-refractivity contribution in [2.75, 3.05) is 5.75 Å². The Hall–Kier alpha value is -2.70. The van der Waals surface area contributed by atoms with Crippen LogP contribution >= 0.6 is 27.7 Å². The molecule has 0 atom stereocenters. The van der Waals surface area contributed by atoms with Gasteiger partial charge in [-0.15, -0.1) is 0 Å². The molecule has 1 aromatic heterocycles. The Labute approximate surface area is 174 Å². The summed E-state index contributed by atoms with van der Waals surface area (Å²) in [4.78, 5) is 30.3. The van der Waals surface area contributed by atoms with E-state index in [4.69, 9.17) is 0 Å². The van der Waals surface area contributed by atoms with Crippen molar-refractivity contribution in [1.82, 2.24) is 9.55 Å². The zero-order valence-corrected chi connectivity index (χ0v) is 17.1. The number of nitrogens with zero attached hydrogens (tertiary/aromatic N) is 2. The quantitative estimate of drug-likeness (QED) is 0.240. The monoisotopic (exact) mass is 450 g/mol. The average molecular weight is 451 g/mol. The van der Waals surface area contributed by atoms with Gasteiger partial charge in [-0.1, -0.05) is 70.2 Å². The van der Waals surface area contributed by atoms with Gasteiger partial charge in [-0.25, -0.2) is 4.98 Å². The molecule has 3 aromatic carbocycles. The van der Waals surface area contributed by atoms with Gasteiger partial charge in [0.1, 0.15) is 0 Å². The van der Waals surface area contributed by atoms with Gasteiger partial charge in [0.2, 0.25) is 0 Å². The van der Waals surface area contributed by atoms with Crippen molar-refractivity contribution in [2.45, 2.75) is 5.16 Å². The van der Waals surface area contributed by atoms with Gasteiger partial charge in [0.05, 0.1) is 22.3 Å². The molecular formula is C22H15BrN2O2S. The summed E-state index contributed by atoms with van der Waals surface area (Å²) in [6, 6.07) is 23.8. The normalized spacial score (nSPS) is 10.9.